The Hall–Kier alpha value is -1.52. The molecule has 1 aromatic rings. The van der Waals surface area contributed by atoms with E-state index in [1.807, 2.05) is 0 Å². The molecule has 0 atom stereocenters. The molecule has 0 fully saturated rings. The second-order valence-corrected chi connectivity index (χ2v) is 1.67. The number of nitrogens with two attached hydrogens (primary N) is 1. The lowest BCUT2D eigenvalue weighted by atomic mass is 10.6. The molecule has 5 nitrogen and oxygen atoms in total. The fourth-order valence-electron chi connectivity index (χ4n) is 0.499. The normalized spacial score (nSPS) is 9.30. The van der Waals surface area contributed by atoms with Crippen LogP contribution in [-0.4, -0.2) is 17.1 Å². The highest BCUT2D eigenvalue weighted by Crippen LogP contribution is 1.97. The Balaban J connectivity index is 3.17. The number of nitrogen functional groups attached to an aromatic ring is 1. The van der Waals surface area contributed by atoms with Crippen molar-refractivity contribution in [2.75, 3.05) is 12.8 Å². The number of hydrogen-bond donors (Lipinski definition) is 2. The fraction of sp³-hybridized carbons (Fsp3) is 0.200. The first-order valence-electron chi connectivity index (χ1n) is 2.63. The Bertz CT molecular complexity index is 280. The number of ether oxygens (including phenoxy) is 1. The largest absolute Gasteiger partial charge is 0.481 e. The highest BCUT2D eigenvalue weighted by molar-refractivity contribution is 5.24. The minimum atomic E-state index is -0.431. The van der Waals surface area contributed by atoms with E-state index < -0.39 is 5.56 Å². The van der Waals surface area contributed by atoms with Crippen molar-refractivity contribution in [1.82, 2.24) is 9.97 Å². The van der Waals surface area contributed by atoms with E-state index in [1.165, 1.54) is 13.3 Å². The Morgan fingerprint density at radius 1 is 1.80 bits per heavy atom. The smallest absolute Gasteiger partial charge is 0.293 e. The Morgan fingerprint density at radius 3 is 3.00 bits per heavy atom. The summed E-state index contributed by atoms with van der Waals surface area (Å²) in [4.78, 5) is 16.6. The number of methoxy groups -OCH3 is 1. The van der Waals surface area contributed by atoms with E-state index in [-0.39, 0.29) is 5.82 Å². The first-order chi connectivity index (χ1) is 4.74. The van der Waals surface area contributed by atoms with E-state index >= 15 is 0 Å². The highest BCUT2D eigenvalue weighted by Gasteiger charge is 1.95. The zero-order valence-corrected chi connectivity index (χ0v) is 5.42. The standard InChI is InChI=1S/C5H7N3O2/c1-10-3-2-7-4(6)5(9)8-3/h2H,1H3,(H2,6,7)(H,8,9). The molecule has 0 saturated carbocycles. The number of nitrogens with zero attached hydrogens (tertiary/aromatic N) is 1. The minimum absolute atomic E-state index is 0.0548. The van der Waals surface area contributed by atoms with Crippen molar-refractivity contribution in [3.05, 3.63) is 16.6 Å². The van der Waals surface area contributed by atoms with Gasteiger partial charge in [0.1, 0.15) is 0 Å². The topological polar surface area (TPSA) is 81.0 Å². The second-order valence-electron chi connectivity index (χ2n) is 1.67. The third kappa shape index (κ3) is 1.07. The summed E-state index contributed by atoms with van der Waals surface area (Å²) in [5, 5.41) is 0. The van der Waals surface area contributed by atoms with Gasteiger partial charge in [-0.15, -0.1) is 0 Å². The van der Waals surface area contributed by atoms with E-state index in [2.05, 4.69) is 14.7 Å². The van der Waals surface area contributed by atoms with Crippen molar-refractivity contribution in [3.8, 4) is 5.88 Å². The van der Waals surface area contributed by atoms with Crippen LogP contribution in [0, 0.1) is 0 Å². The number of nitrogens with one attached hydrogen (secondary N) is 1. The average Bonchev–Trinajstić information content (AvgIpc) is 1.95. The molecule has 0 aliphatic carbocycles. The van der Waals surface area contributed by atoms with E-state index in [0.29, 0.717) is 5.88 Å². The predicted molar refractivity (Wildman–Crippen MR) is 35.8 cm³/mol. The predicted octanol–water partition coefficient (Wildman–Crippen LogP) is -0.639. The van der Waals surface area contributed by atoms with Gasteiger partial charge >= 0.3 is 0 Å². The fourth-order valence-corrected chi connectivity index (χ4v) is 0.499. The molecule has 1 rings (SSSR count). The van der Waals surface area contributed by atoms with Gasteiger partial charge in [-0.3, -0.25) is 9.78 Å². The molecule has 54 valence electrons. The van der Waals surface area contributed by atoms with Crippen LogP contribution in [0.2, 0.25) is 0 Å². The van der Waals surface area contributed by atoms with E-state index in [0.717, 1.165) is 0 Å². The van der Waals surface area contributed by atoms with Crippen molar-refractivity contribution >= 4 is 5.82 Å². The van der Waals surface area contributed by atoms with Gasteiger partial charge in [0, 0.05) is 0 Å². The molecule has 1 heterocycles. The van der Waals surface area contributed by atoms with Gasteiger partial charge in [0.25, 0.3) is 5.56 Å². The maximum Gasteiger partial charge on any atom is 0.293 e. The average molecular weight is 141 g/mol. The quantitative estimate of drug-likeness (QED) is 0.545. The van der Waals surface area contributed by atoms with Crippen LogP contribution in [0.25, 0.3) is 0 Å². The summed E-state index contributed by atoms with van der Waals surface area (Å²) >= 11 is 0. The number of aromatic amines is 1. The third-order valence-electron chi connectivity index (χ3n) is 1.01. The van der Waals surface area contributed by atoms with Crippen LogP contribution in [0.15, 0.2) is 11.0 Å². The van der Waals surface area contributed by atoms with E-state index in [1.54, 1.807) is 0 Å². The zero-order chi connectivity index (χ0) is 7.56. The van der Waals surface area contributed by atoms with E-state index in [9.17, 15) is 4.79 Å². The summed E-state index contributed by atoms with van der Waals surface area (Å²) < 4.78 is 4.68. The molecule has 3 N–H and O–H groups in total. The Kier molecular flexibility index (Phi) is 1.57. The van der Waals surface area contributed by atoms with Crippen LogP contribution < -0.4 is 16.0 Å². The van der Waals surface area contributed by atoms with E-state index in [4.69, 9.17) is 5.73 Å². The number of hydrogen-bond acceptors (Lipinski definition) is 4. The van der Waals surface area contributed by atoms with Gasteiger partial charge in [-0.05, 0) is 0 Å². The number of aromatic nitrogens is 2. The second kappa shape index (κ2) is 2.38. The molecule has 0 amide bonds. The monoisotopic (exact) mass is 141 g/mol. The van der Waals surface area contributed by atoms with Crippen molar-refractivity contribution in [1.29, 1.82) is 0 Å². The molecule has 10 heavy (non-hydrogen) atoms. The minimum Gasteiger partial charge on any atom is -0.481 e. The van der Waals surface area contributed by atoms with Crippen LogP contribution in [0.5, 0.6) is 5.88 Å². The summed E-state index contributed by atoms with van der Waals surface area (Å²) in [6.45, 7) is 0. The maximum atomic E-state index is 10.7. The summed E-state index contributed by atoms with van der Waals surface area (Å²) in [7, 11) is 1.43. The van der Waals surface area contributed by atoms with Crippen LogP contribution in [0.3, 0.4) is 0 Å². The van der Waals surface area contributed by atoms with Gasteiger partial charge in [-0.1, -0.05) is 0 Å². The van der Waals surface area contributed by atoms with Crippen LogP contribution >= 0.6 is 0 Å². The zero-order valence-electron chi connectivity index (χ0n) is 5.42. The number of H-pyrrole nitrogens is 1. The Labute approximate surface area is 56.9 Å². The van der Waals surface area contributed by atoms with Crippen molar-refractivity contribution in [2.24, 2.45) is 0 Å². The molecule has 0 saturated heterocycles. The van der Waals surface area contributed by atoms with Crippen molar-refractivity contribution < 1.29 is 4.74 Å². The van der Waals surface area contributed by atoms with Crippen molar-refractivity contribution in [3.63, 3.8) is 0 Å². The van der Waals surface area contributed by atoms with Gasteiger partial charge in [-0.2, -0.15) is 0 Å². The molecule has 0 aromatic carbocycles. The molecule has 0 radical (unpaired) electrons. The molecule has 0 aliphatic rings. The maximum absolute atomic E-state index is 10.7. The molecule has 0 bridgehead atoms. The number of rotatable bonds is 1. The summed E-state index contributed by atoms with van der Waals surface area (Å²) in [6, 6.07) is 0. The van der Waals surface area contributed by atoms with Gasteiger partial charge in [-0.25, -0.2) is 4.98 Å². The SMILES string of the molecule is COc1cnc(N)c(=O)[nH]1. The van der Waals surface area contributed by atoms with Gasteiger partial charge in [0.05, 0.1) is 13.3 Å². The molecule has 5 heteroatoms. The molecule has 0 aliphatic heterocycles. The molecule has 1 aromatic heterocycles. The molecular weight excluding hydrogens is 134 g/mol. The van der Waals surface area contributed by atoms with Crippen LogP contribution in [0.4, 0.5) is 5.82 Å². The highest BCUT2D eigenvalue weighted by atomic mass is 16.5. The van der Waals surface area contributed by atoms with Gasteiger partial charge in [0.15, 0.2) is 5.82 Å². The lowest BCUT2D eigenvalue weighted by molar-refractivity contribution is 0.394. The van der Waals surface area contributed by atoms with Crippen LogP contribution in [-0.2, 0) is 0 Å². The molecule has 0 spiro atoms. The summed E-state index contributed by atoms with van der Waals surface area (Å²) in [5.41, 5.74) is 4.70. The third-order valence-corrected chi connectivity index (χ3v) is 1.01. The van der Waals surface area contributed by atoms with Crippen molar-refractivity contribution in [2.45, 2.75) is 0 Å². The molecular formula is C5H7N3O2. The summed E-state index contributed by atoms with van der Waals surface area (Å²) in [5.74, 6) is 0.250. The van der Waals surface area contributed by atoms with Gasteiger partial charge < -0.3 is 10.5 Å². The lowest BCUT2D eigenvalue weighted by Gasteiger charge is -1.96. The first kappa shape index (κ1) is 6.60. The van der Waals surface area contributed by atoms with Crippen LogP contribution in [0.1, 0.15) is 0 Å². The summed E-state index contributed by atoms with van der Waals surface area (Å²) in [6.07, 6.45) is 1.34. The first-order valence-corrected chi connectivity index (χ1v) is 2.63. The lowest BCUT2D eigenvalue weighted by Crippen LogP contribution is -2.13. The molecule has 0 unspecified atom stereocenters. The number of anilines is 1. The Morgan fingerprint density at radius 2 is 2.50 bits per heavy atom. The van der Waals surface area contributed by atoms with Gasteiger partial charge in [0.2, 0.25) is 5.88 Å².